The maximum atomic E-state index is 12.0. The van der Waals surface area contributed by atoms with Crippen LogP contribution in [0.15, 0.2) is 30.3 Å². The summed E-state index contributed by atoms with van der Waals surface area (Å²) in [6.07, 6.45) is 3.31. The van der Waals surface area contributed by atoms with E-state index in [0.29, 0.717) is 19.6 Å². The molecule has 0 saturated carbocycles. The van der Waals surface area contributed by atoms with Crippen LogP contribution < -0.4 is 10.6 Å². The largest absolute Gasteiger partial charge is 0.354 e. The SMILES string of the molecule is Cc1ccc(Cn2nc(C)c(/C=C/C(=O)NCCNC(=O)C(C)C)c2C)cc1. The van der Waals surface area contributed by atoms with Gasteiger partial charge in [0.15, 0.2) is 0 Å². The molecule has 0 unspecified atom stereocenters. The summed E-state index contributed by atoms with van der Waals surface area (Å²) in [5.41, 5.74) is 5.28. The van der Waals surface area contributed by atoms with Gasteiger partial charge in [0.1, 0.15) is 0 Å². The van der Waals surface area contributed by atoms with Crippen molar-refractivity contribution in [2.24, 2.45) is 5.92 Å². The van der Waals surface area contributed by atoms with Crippen molar-refractivity contribution in [3.8, 4) is 0 Å². The van der Waals surface area contributed by atoms with Gasteiger partial charge in [-0.1, -0.05) is 43.7 Å². The van der Waals surface area contributed by atoms with Gasteiger partial charge >= 0.3 is 0 Å². The van der Waals surface area contributed by atoms with E-state index in [1.807, 2.05) is 32.4 Å². The highest BCUT2D eigenvalue weighted by Crippen LogP contribution is 2.16. The van der Waals surface area contributed by atoms with Gasteiger partial charge in [0.05, 0.1) is 12.2 Å². The van der Waals surface area contributed by atoms with Crippen LogP contribution in [0, 0.1) is 26.7 Å². The van der Waals surface area contributed by atoms with Crippen molar-refractivity contribution in [3.63, 3.8) is 0 Å². The summed E-state index contributed by atoms with van der Waals surface area (Å²) >= 11 is 0. The summed E-state index contributed by atoms with van der Waals surface area (Å²) in [7, 11) is 0. The van der Waals surface area contributed by atoms with E-state index in [-0.39, 0.29) is 17.7 Å². The van der Waals surface area contributed by atoms with E-state index in [1.54, 1.807) is 6.08 Å². The third-order valence-electron chi connectivity index (χ3n) is 4.54. The molecule has 0 fully saturated rings. The van der Waals surface area contributed by atoms with Gasteiger partial charge in [0.25, 0.3) is 0 Å². The first-order valence-electron chi connectivity index (χ1n) is 9.61. The van der Waals surface area contributed by atoms with E-state index in [2.05, 4.69) is 46.9 Å². The standard InChI is InChI=1S/C22H30N4O2/c1-15(2)22(28)24-13-12-23-21(27)11-10-20-17(4)25-26(18(20)5)14-19-8-6-16(3)7-9-19/h6-11,15H,12-14H2,1-5H3,(H,23,27)(H,24,28)/b11-10+. The summed E-state index contributed by atoms with van der Waals surface area (Å²) < 4.78 is 1.96. The second-order valence-corrected chi connectivity index (χ2v) is 7.30. The highest BCUT2D eigenvalue weighted by molar-refractivity contribution is 5.92. The molecule has 1 aromatic heterocycles. The molecule has 6 heteroatoms. The lowest BCUT2D eigenvalue weighted by Crippen LogP contribution is -2.35. The summed E-state index contributed by atoms with van der Waals surface area (Å²) in [4.78, 5) is 23.5. The summed E-state index contributed by atoms with van der Waals surface area (Å²) in [5, 5.41) is 10.1. The quantitative estimate of drug-likeness (QED) is 0.544. The molecule has 6 nitrogen and oxygen atoms in total. The molecule has 0 aliphatic heterocycles. The molecular formula is C22H30N4O2. The molecule has 0 aliphatic carbocycles. The Morgan fingerprint density at radius 3 is 2.36 bits per heavy atom. The monoisotopic (exact) mass is 382 g/mol. The Morgan fingerprint density at radius 1 is 1.07 bits per heavy atom. The van der Waals surface area contributed by atoms with E-state index in [4.69, 9.17) is 0 Å². The van der Waals surface area contributed by atoms with Crippen LogP contribution in [0.2, 0.25) is 0 Å². The zero-order chi connectivity index (χ0) is 20.7. The van der Waals surface area contributed by atoms with Crippen molar-refractivity contribution in [1.29, 1.82) is 0 Å². The molecular weight excluding hydrogens is 352 g/mol. The predicted molar refractivity (Wildman–Crippen MR) is 112 cm³/mol. The van der Waals surface area contributed by atoms with Gasteiger partial charge in [0.2, 0.25) is 11.8 Å². The number of aromatic nitrogens is 2. The number of rotatable bonds is 8. The molecule has 0 atom stereocenters. The fourth-order valence-electron chi connectivity index (χ4n) is 2.77. The number of aryl methyl sites for hydroxylation is 2. The Balaban J connectivity index is 1.92. The number of nitrogens with zero attached hydrogens (tertiary/aromatic N) is 2. The first-order valence-corrected chi connectivity index (χ1v) is 9.61. The van der Waals surface area contributed by atoms with Gasteiger partial charge in [-0.05, 0) is 32.4 Å². The minimum Gasteiger partial charge on any atom is -0.354 e. The Bertz CT molecular complexity index is 848. The van der Waals surface area contributed by atoms with Crippen LogP contribution in [-0.2, 0) is 16.1 Å². The normalized spacial score (nSPS) is 11.2. The summed E-state index contributed by atoms with van der Waals surface area (Å²) in [6, 6.07) is 8.39. The number of hydrogen-bond donors (Lipinski definition) is 2. The molecule has 2 amide bonds. The second kappa shape index (κ2) is 9.88. The average Bonchev–Trinajstić information content (AvgIpc) is 2.91. The van der Waals surface area contributed by atoms with Crippen molar-refractivity contribution in [3.05, 3.63) is 58.4 Å². The molecule has 2 rings (SSSR count). The highest BCUT2D eigenvalue weighted by Gasteiger charge is 2.10. The number of nitrogens with one attached hydrogen (secondary N) is 2. The van der Waals surface area contributed by atoms with E-state index in [0.717, 1.165) is 17.0 Å². The predicted octanol–water partition coefficient (Wildman–Crippen LogP) is 2.76. The minimum atomic E-state index is -0.191. The van der Waals surface area contributed by atoms with Gasteiger partial charge in [0, 0.05) is 36.3 Å². The zero-order valence-electron chi connectivity index (χ0n) is 17.4. The molecule has 2 aromatic rings. The van der Waals surface area contributed by atoms with Crippen LogP contribution in [0.25, 0.3) is 6.08 Å². The van der Waals surface area contributed by atoms with Crippen LogP contribution in [0.4, 0.5) is 0 Å². The summed E-state index contributed by atoms with van der Waals surface area (Å²) in [6.45, 7) is 11.2. The van der Waals surface area contributed by atoms with Crippen molar-refractivity contribution in [1.82, 2.24) is 20.4 Å². The molecule has 0 aliphatic rings. The molecule has 0 radical (unpaired) electrons. The van der Waals surface area contributed by atoms with Crippen LogP contribution in [0.1, 0.15) is 41.9 Å². The van der Waals surface area contributed by atoms with Gasteiger partial charge in [-0.3, -0.25) is 14.3 Å². The van der Waals surface area contributed by atoms with Gasteiger partial charge in [-0.25, -0.2) is 0 Å². The molecule has 0 bridgehead atoms. The minimum absolute atomic E-state index is 0.0166. The second-order valence-electron chi connectivity index (χ2n) is 7.30. The molecule has 1 heterocycles. The zero-order valence-corrected chi connectivity index (χ0v) is 17.4. The number of hydrogen-bond acceptors (Lipinski definition) is 3. The lowest BCUT2D eigenvalue weighted by Gasteiger charge is -2.07. The van der Waals surface area contributed by atoms with E-state index >= 15 is 0 Å². The first-order chi connectivity index (χ1) is 13.3. The fourth-order valence-corrected chi connectivity index (χ4v) is 2.77. The molecule has 0 spiro atoms. The molecule has 150 valence electrons. The fraction of sp³-hybridized carbons (Fsp3) is 0.409. The molecule has 1 aromatic carbocycles. The van der Waals surface area contributed by atoms with E-state index in [1.165, 1.54) is 17.2 Å². The number of carbonyl (C=O) groups is 2. The van der Waals surface area contributed by atoms with Gasteiger partial charge in [-0.15, -0.1) is 0 Å². The van der Waals surface area contributed by atoms with Crippen molar-refractivity contribution >= 4 is 17.9 Å². The number of carbonyl (C=O) groups excluding carboxylic acids is 2. The number of amides is 2. The molecule has 0 saturated heterocycles. The third kappa shape index (κ3) is 6.08. The average molecular weight is 383 g/mol. The van der Waals surface area contributed by atoms with Crippen molar-refractivity contribution in [2.45, 2.75) is 41.2 Å². The highest BCUT2D eigenvalue weighted by atomic mass is 16.2. The van der Waals surface area contributed by atoms with E-state index in [9.17, 15) is 9.59 Å². The lowest BCUT2D eigenvalue weighted by atomic mass is 10.1. The van der Waals surface area contributed by atoms with Gasteiger partial charge in [-0.2, -0.15) is 5.10 Å². The van der Waals surface area contributed by atoms with Gasteiger partial charge < -0.3 is 10.6 Å². The number of benzene rings is 1. The Labute approximate surface area is 167 Å². The smallest absolute Gasteiger partial charge is 0.244 e. The van der Waals surface area contributed by atoms with Crippen LogP contribution in [0.3, 0.4) is 0 Å². The Hall–Kier alpha value is -2.89. The van der Waals surface area contributed by atoms with Crippen molar-refractivity contribution in [2.75, 3.05) is 13.1 Å². The molecule has 28 heavy (non-hydrogen) atoms. The third-order valence-corrected chi connectivity index (χ3v) is 4.54. The van der Waals surface area contributed by atoms with Crippen molar-refractivity contribution < 1.29 is 9.59 Å². The van der Waals surface area contributed by atoms with Crippen LogP contribution in [-0.4, -0.2) is 34.7 Å². The Morgan fingerprint density at radius 2 is 1.71 bits per heavy atom. The maximum absolute atomic E-state index is 12.0. The maximum Gasteiger partial charge on any atom is 0.244 e. The van der Waals surface area contributed by atoms with E-state index < -0.39 is 0 Å². The lowest BCUT2D eigenvalue weighted by molar-refractivity contribution is -0.124. The summed E-state index contributed by atoms with van der Waals surface area (Å²) in [5.74, 6) is -0.265. The topological polar surface area (TPSA) is 76.0 Å². The van der Waals surface area contributed by atoms with Crippen LogP contribution >= 0.6 is 0 Å². The molecule has 2 N–H and O–H groups in total. The van der Waals surface area contributed by atoms with Crippen LogP contribution in [0.5, 0.6) is 0 Å². The Kier molecular flexibility index (Phi) is 7.55. The first kappa shape index (κ1) is 21.4.